The summed E-state index contributed by atoms with van der Waals surface area (Å²) in [6.07, 6.45) is 0.143. The average Bonchev–Trinajstić information content (AvgIpc) is 3.47. The molecule has 4 rings (SSSR count). The largest absolute Gasteiger partial charge is 0.467 e. The van der Waals surface area contributed by atoms with Crippen molar-refractivity contribution >= 4 is 17.2 Å². The van der Waals surface area contributed by atoms with Gasteiger partial charge in [-0.25, -0.2) is 9.67 Å². The number of carbonyl (C=O) groups excluding carboxylic acids is 1. The molecule has 0 spiro atoms. The van der Waals surface area contributed by atoms with Crippen LogP contribution in [0, 0.1) is 0 Å². The van der Waals surface area contributed by atoms with E-state index in [1.165, 1.54) is 29.0 Å². The van der Waals surface area contributed by atoms with E-state index in [-0.39, 0.29) is 18.0 Å². The Morgan fingerprint density at radius 2 is 1.97 bits per heavy atom. The third-order valence-corrected chi connectivity index (χ3v) is 5.05. The van der Waals surface area contributed by atoms with Crippen molar-refractivity contribution in [3.63, 3.8) is 0 Å². The van der Waals surface area contributed by atoms with Gasteiger partial charge < -0.3 is 9.32 Å². The SMILES string of the molecule is O=C(c1csc(-c2cnn(-c3ccccc3)c2)n1)N(Cc1ccco1)CC(F)(F)F. The van der Waals surface area contributed by atoms with Crippen molar-refractivity contribution in [2.75, 3.05) is 6.54 Å². The van der Waals surface area contributed by atoms with E-state index in [0.717, 1.165) is 5.69 Å². The van der Waals surface area contributed by atoms with Gasteiger partial charge in [0.05, 0.1) is 24.7 Å². The lowest BCUT2D eigenvalue weighted by Gasteiger charge is -2.22. The number of hydrogen-bond donors (Lipinski definition) is 0. The molecule has 0 atom stereocenters. The minimum absolute atomic E-state index is 0.0572. The fourth-order valence-electron chi connectivity index (χ4n) is 2.83. The number of rotatable bonds is 6. The molecule has 1 amide bonds. The van der Waals surface area contributed by atoms with E-state index in [9.17, 15) is 18.0 Å². The van der Waals surface area contributed by atoms with Gasteiger partial charge in [0.25, 0.3) is 5.91 Å². The molecule has 0 saturated carbocycles. The fraction of sp³-hybridized carbons (Fsp3) is 0.150. The molecule has 0 unspecified atom stereocenters. The number of thiazole rings is 1. The number of alkyl halides is 3. The third kappa shape index (κ3) is 4.60. The molecule has 30 heavy (non-hydrogen) atoms. The van der Waals surface area contributed by atoms with Gasteiger partial charge in [0.2, 0.25) is 0 Å². The van der Waals surface area contributed by atoms with Crippen molar-refractivity contribution < 1.29 is 22.4 Å². The summed E-state index contributed by atoms with van der Waals surface area (Å²) in [5.41, 5.74) is 1.46. The van der Waals surface area contributed by atoms with Crippen LogP contribution in [0.25, 0.3) is 16.3 Å². The highest BCUT2D eigenvalue weighted by molar-refractivity contribution is 7.13. The standard InChI is InChI=1S/C20H15F3N4O2S/c21-20(22,23)13-26(11-16-7-4-8-29-16)19(28)17-12-30-18(25-17)14-9-24-27(10-14)15-5-2-1-3-6-15/h1-10,12H,11,13H2. The number of halogens is 3. The van der Waals surface area contributed by atoms with E-state index in [4.69, 9.17) is 4.42 Å². The minimum Gasteiger partial charge on any atom is -0.467 e. The van der Waals surface area contributed by atoms with E-state index >= 15 is 0 Å². The average molecular weight is 432 g/mol. The van der Waals surface area contributed by atoms with E-state index in [1.807, 2.05) is 30.3 Å². The summed E-state index contributed by atoms with van der Waals surface area (Å²) in [5.74, 6) is -0.561. The number of amides is 1. The van der Waals surface area contributed by atoms with Gasteiger partial charge in [0.1, 0.15) is 23.0 Å². The maximum atomic E-state index is 13.0. The number of benzene rings is 1. The van der Waals surface area contributed by atoms with Gasteiger partial charge in [-0.15, -0.1) is 11.3 Å². The predicted molar refractivity (Wildman–Crippen MR) is 104 cm³/mol. The number of nitrogens with zero attached hydrogens (tertiary/aromatic N) is 4. The van der Waals surface area contributed by atoms with Crippen molar-refractivity contribution in [2.24, 2.45) is 0 Å². The van der Waals surface area contributed by atoms with Crippen molar-refractivity contribution in [3.8, 4) is 16.3 Å². The number of furan rings is 1. The van der Waals surface area contributed by atoms with Crippen LogP contribution in [-0.2, 0) is 6.54 Å². The minimum atomic E-state index is -4.54. The molecule has 0 fully saturated rings. The lowest BCUT2D eigenvalue weighted by atomic mass is 10.3. The molecule has 0 aliphatic rings. The van der Waals surface area contributed by atoms with Crippen LogP contribution >= 0.6 is 11.3 Å². The second-order valence-electron chi connectivity index (χ2n) is 6.40. The van der Waals surface area contributed by atoms with Crippen molar-refractivity contribution in [2.45, 2.75) is 12.7 Å². The van der Waals surface area contributed by atoms with Gasteiger partial charge in [-0.1, -0.05) is 18.2 Å². The molecule has 10 heteroatoms. The summed E-state index contributed by atoms with van der Waals surface area (Å²) in [4.78, 5) is 17.6. The molecule has 0 radical (unpaired) electrons. The van der Waals surface area contributed by atoms with Gasteiger partial charge >= 0.3 is 6.18 Å². The summed E-state index contributed by atoms with van der Waals surface area (Å²) in [6, 6.07) is 12.5. The van der Waals surface area contributed by atoms with Crippen molar-refractivity contribution in [3.05, 3.63) is 78.0 Å². The number of hydrogen-bond acceptors (Lipinski definition) is 5. The number of para-hydroxylation sites is 1. The summed E-state index contributed by atoms with van der Waals surface area (Å²) < 4.78 is 45.7. The first-order valence-electron chi connectivity index (χ1n) is 8.83. The van der Waals surface area contributed by atoms with Crippen LogP contribution < -0.4 is 0 Å². The van der Waals surface area contributed by atoms with Crippen LogP contribution in [0.2, 0.25) is 0 Å². The van der Waals surface area contributed by atoms with Crippen LogP contribution in [-0.4, -0.2) is 38.3 Å². The first-order chi connectivity index (χ1) is 14.4. The Labute approximate surface area is 173 Å². The Kier molecular flexibility index (Phi) is 5.40. The van der Waals surface area contributed by atoms with E-state index in [1.54, 1.807) is 23.1 Å². The lowest BCUT2D eigenvalue weighted by Crippen LogP contribution is -2.38. The highest BCUT2D eigenvalue weighted by Crippen LogP contribution is 2.26. The Morgan fingerprint density at radius 1 is 1.17 bits per heavy atom. The van der Waals surface area contributed by atoms with E-state index in [2.05, 4.69) is 10.1 Å². The highest BCUT2D eigenvalue weighted by Gasteiger charge is 2.34. The Balaban J connectivity index is 1.55. The van der Waals surface area contributed by atoms with Crippen molar-refractivity contribution in [1.82, 2.24) is 19.7 Å². The quantitative estimate of drug-likeness (QED) is 0.439. The maximum Gasteiger partial charge on any atom is 0.406 e. The van der Waals surface area contributed by atoms with Crippen LogP contribution in [0.3, 0.4) is 0 Å². The smallest absolute Gasteiger partial charge is 0.406 e. The third-order valence-electron chi connectivity index (χ3n) is 4.16. The Bertz CT molecular complexity index is 1120. The van der Waals surface area contributed by atoms with E-state index < -0.39 is 18.6 Å². The Morgan fingerprint density at radius 3 is 2.67 bits per heavy atom. The zero-order valence-electron chi connectivity index (χ0n) is 15.4. The zero-order valence-corrected chi connectivity index (χ0v) is 16.2. The van der Waals surface area contributed by atoms with Crippen LogP contribution in [0.4, 0.5) is 13.2 Å². The van der Waals surface area contributed by atoms with Gasteiger partial charge in [0, 0.05) is 17.1 Å². The molecule has 0 saturated heterocycles. The molecule has 3 aromatic heterocycles. The first kappa shape index (κ1) is 19.9. The lowest BCUT2D eigenvalue weighted by molar-refractivity contribution is -0.142. The van der Waals surface area contributed by atoms with Gasteiger partial charge in [-0.2, -0.15) is 18.3 Å². The first-order valence-corrected chi connectivity index (χ1v) is 9.71. The molecule has 0 bridgehead atoms. The molecule has 3 heterocycles. The van der Waals surface area contributed by atoms with Gasteiger partial charge in [0.15, 0.2) is 0 Å². The second kappa shape index (κ2) is 8.15. The molecule has 6 nitrogen and oxygen atoms in total. The molecule has 0 aliphatic heterocycles. The summed E-state index contributed by atoms with van der Waals surface area (Å²) in [6.45, 7) is -1.70. The molecule has 0 N–H and O–H groups in total. The molecular weight excluding hydrogens is 417 g/mol. The molecule has 4 aromatic rings. The van der Waals surface area contributed by atoms with Gasteiger partial charge in [-0.05, 0) is 24.3 Å². The second-order valence-corrected chi connectivity index (χ2v) is 7.26. The molecule has 1 aromatic carbocycles. The number of aromatic nitrogens is 3. The van der Waals surface area contributed by atoms with Crippen LogP contribution in [0.1, 0.15) is 16.2 Å². The molecule has 154 valence electrons. The monoisotopic (exact) mass is 432 g/mol. The van der Waals surface area contributed by atoms with Crippen LogP contribution in [0.15, 0.2) is 70.9 Å². The normalized spacial score (nSPS) is 11.6. The molecule has 0 aliphatic carbocycles. The number of carbonyl (C=O) groups is 1. The fourth-order valence-corrected chi connectivity index (χ4v) is 3.60. The Hall–Kier alpha value is -3.40. The van der Waals surface area contributed by atoms with Crippen molar-refractivity contribution in [1.29, 1.82) is 0 Å². The van der Waals surface area contributed by atoms with Gasteiger partial charge in [-0.3, -0.25) is 4.79 Å². The predicted octanol–water partition coefficient (Wildman–Crippen LogP) is 4.79. The topological polar surface area (TPSA) is 64.2 Å². The summed E-state index contributed by atoms with van der Waals surface area (Å²) >= 11 is 1.17. The van der Waals surface area contributed by atoms with Crippen LogP contribution in [0.5, 0.6) is 0 Å². The van der Waals surface area contributed by atoms with E-state index in [0.29, 0.717) is 15.5 Å². The summed E-state index contributed by atoms with van der Waals surface area (Å²) in [7, 11) is 0. The summed E-state index contributed by atoms with van der Waals surface area (Å²) in [5, 5.41) is 6.22. The highest BCUT2D eigenvalue weighted by atomic mass is 32.1. The maximum absolute atomic E-state index is 13.0. The molecular formula is C20H15F3N4O2S. The zero-order chi connectivity index (χ0) is 21.1.